The summed E-state index contributed by atoms with van der Waals surface area (Å²) < 4.78 is 14.7. The molecule has 1 N–H and O–H groups in total. The number of halogens is 2. The van der Waals surface area contributed by atoms with Crippen LogP contribution >= 0.6 is 11.6 Å². The van der Waals surface area contributed by atoms with E-state index in [1.807, 2.05) is 30.6 Å². The predicted molar refractivity (Wildman–Crippen MR) is 143 cm³/mol. The molecule has 4 nitrogen and oxygen atoms in total. The molecule has 1 fully saturated rings. The summed E-state index contributed by atoms with van der Waals surface area (Å²) in [6.45, 7) is 2.12. The summed E-state index contributed by atoms with van der Waals surface area (Å²) in [5.74, 6) is 0.197. The van der Waals surface area contributed by atoms with E-state index in [1.54, 1.807) is 12.3 Å². The lowest BCUT2D eigenvalue weighted by Gasteiger charge is -2.23. The number of nitrogens with one attached hydrogen (secondary N) is 1. The molecule has 1 aliphatic heterocycles. The summed E-state index contributed by atoms with van der Waals surface area (Å²) in [4.78, 5) is 13.7. The summed E-state index contributed by atoms with van der Waals surface area (Å²) in [7, 11) is 0. The second-order valence-electron chi connectivity index (χ2n) is 9.17. The lowest BCUT2D eigenvalue weighted by molar-refractivity contribution is 0.460. The molecule has 0 aliphatic carbocycles. The van der Waals surface area contributed by atoms with E-state index in [0.717, 1.165) is 53.6 Å². The van der Waals surface area contributed by atoms with Crippen LogP contribution in [0.15, 0.2) is 85.3 Å². The molecule has 0 saturated carbocycles. The van der Waals surface area contributed by atoms with Crippen molar-refractivity contribution in [3.8, 4) is 33.5 Å². The van der Waals surface area contributed by atoms with E-state index in [0.29, 0.717) is 27.8 Å². The van der Waals surface area contributed by atoms with Gasteiger partial charge in [0.05, 0.1) is 5.69 Å². The average molecular weight is 495 g/mol. The number of pyridine rings is 3. The van der Waals surface area contributed by atoms with Crippen LogP contribution in [0.1, 0.15) is 24.3 Å². The van der Waals surface area contributed by atoms with Crippen LogP contribution in [0.5, 0.6) is 0 Å². The zero-order valence-corrected chi connectivity index (χ0v) is 20.3. The first-order valence-corrected chi connectivity index (χ1v) is 12.5. The summed E-state index contributed by atoms with van der Waals surface area (Å²) in [5, 5.41) is 4.78. The highest BCUT2D eigenvalue weighted by Gasteiger charge is 2.17. The van der Waals surface area contributed by atoms with Crippen LogP contribution in [0.4, 0.5) is 4.39 Å². The molecule has 0 atom stereocenters. The lowest BCUT2D eigenvalue weighted by atomic mass is 9.88. The number of piperidine rings is 1. The third-order valence-electron chi connectivity index (χ3n) is 6.87. The number of hydrogen-bond acceptors (Lipinski definition) is 4. The second-order valence-corrected chi connectivity index (χ2v) is 9.60. The van der Waals surface area contributed by atoms with Crippen molar-refractivity contribution in [2.24, 2.45) is 0 Å². The smallest absolute Gasteiger partial charge is 0.160 e. The third-order valence-corrected chi connectivity index (χ3v) is 7.10. The Bertz CT molecular complexity index is 1560. The van der Waals surface area contributed by atoms with E-state index < -0.39 is 0 Å². The van der Waals surface area contributed by atoms with Gasteiger partial charge in [-0.1, -0.05) is 35.9 Å². The molecular formula is C30H24ClFN4. The van der Waals surface area contributed by atoms with Gasteiger partial charge in [0, 0.05) is 45.7 Å². The molecule has 1 saturated heterocycles. The molecule has 1 aliphatic rings. The summed E-state index contributed by atoms with van der Waals surface area (Å²) in [6, 6.07) is 21.2. The first-order valence-electron chi connectivity index (χ1n) is 12.1. The Labute approximate surface area is 214 Å². The molecule has 2 aromatic carbocycles. The highest BCUT2D eigenvalue weighted by atomic mass is 35.5. The zero-order chi connectivity index (χ0) is 24.5. The Morgan fingerprint density at radius 2 is 1.69 bits per heavy atom. The van der Waals surface area contributed by atoms with Gasteiger partial charge in [0.15, 0.2) is 5.65 Å². The van der Waals surface area contributed by atoms with Gasteiger partial charge in [-0.15, -0.1) is 0 Å². The molecule has 4 heterocycles. The lowest BCUT2D eigenvalue weighted by Crippen LogP contribution is -2.26. The van der Waals surface area contributed by atoms with E-state index >= 15 is 0 Å². The van der Waals surface area contributed by atoms with Gasteiger partial charge in [-0.05, 0) is 91.0 Å². The fourth-order valence-electron chi connectivity index (χ4n) is 5.00. The number of rotatable bonds is 4. The summed E-state index contributed by atoms with van der Waals surface area (Å²) in [5.41, 5.74) is 6.73. The fourth-order valence-corrected chi connectivity index (χ4v) is 5.17. The van der Waals surface area contributed by atoms with Crippen molar-refractivity contribution in [2.45, 2.75) is 18.8 Å². The molecule has 6 rings (SSSR count). The van der Waals surface area contributed by atoms with Crippen LogP contribution in [0, 0.1) is 5.82 Å². The number of hydrogen-bond donors (Lipinski definition) is 1. The first-order chi connectivity index (χ1) is 17.7. The van der Waals surface area contributed by atoms with Crippen LogP contribution in [0.3, 0.4) is 0 Å². The van der Waals surface area contributed by atoms with Gasteiger partial charge in [0.1, 0.15) is 5.82 Å². The Morgan fingerprint density at radius 1 is 0.833 bits per heavy atom. The molecule has 0 amide bonds. The minimum absolute atomic E-state index is 0.343. The minimum Gasteiger partial charge on any atom is -0.317 e. The van der Waals surface area contributed by atoms with Gasteiger partial charge in [-0.3, -0.25) is 4.98 Å². The molecule has 0 bridgehead atoms. The van der Waals surface area contributed by atoms with Crippen molar-refractivity contribution in [1.82, 2.24) is 20.3 Å². The number of fused-ring (bicyclic) bond motifs is 1. The largest absolute Gasteiger partial charge is 0.317 e. The van der Waals surface area contributed by atoms with Crippen LogP contribution in [0.2, 0.25) is 5.02 Å². The van der Waals surface area contributed by atoms with Crippen molar-refractivity contribution in [3.63, 3.8) is 0 Å². The molecule has 6 heteroatoms. The van der Waals surface area contributed by atoms with E-state index in [2.05, 4.69) is 50.6 Å². The number of benzene rings is 2. The maximum absolute atomic E-state index is 14.7. The van der Waals surface area contributed by atoms with Gasteiger partial charge in [0.2, 0.25) is 0 Å². The van der Waals surface area contributed by atoms with Gasteiger partial charge >= 0.3 is 0 Å². The highest BCUT2D eigenvalue weighted by molar-refractivity contribution is 6.30. The molecule has 178 valence electrons. The van der Waals surface area contributed by atoms with E-state index in [4.69, 9.17) is 11.6 Å². The van der Waals surface area contributed by atoms with Crippen molar-refractivity contribution < 1.29 is 4.39 Å². The number of aromatic nitrogens is 3. The van der Waals surface area contributed by atoms with Crippen molar-refractivity contribution in [2.75, 3.05) is 13.1 Å². The highest BCUT2D eigenvalue weighted by Crippen LogP contribution is 2.35. The Balaban J connectivity index is 1.46. The normalized spacial score (nSPS) is 14.3. The molecule has 0 radical (unpaired) electrons. The Hall–Kier alpha value is -3.67. The topological polar surface area (TPSA) is 50.7 Å². The van der Waals surface area contributed by atoms with Gasteiger partial charge in [0.25, 0.3) is 0 Å². The Morgan fingerprint density at radius 3 is 2.58 bits per heavy atom. The SMILES string of the molecule is Fc1ccc(Cl)cc1-c1cc(-c2cncc(-c3cccc(C4CCNCC4)c3)c2)c2cccnc2n1. The van der Waals surface area contributed by atoms with Gasteiger partial charge < -0.3 is 5.32 Å². The second kappa shape index (κ2) is 9.76. The third kappa shape index (κ3) is 4.48. The quantitative estimate of drug-likeness (QED) is 0.285. The summed E-state index contributed by atoms with van der Waals surface area (Å²) >= 11 is 6.18. The van der Waals surface area contributed by atoms with Crippen molar-refractivity contribution >= 4 is 22.6 Å². The first kappa shape index (κ1) is 22.8. The minimum atomic E-state index is -0.380. The fraction of sp³-hybridized carbons (Fsp3) is 0.167. The predicted octanol–water partition coefficient (Wildman–Crippen LogP) is 7.29. The van der Waals surface area contributed by atoms with Crippen LogP contribution < -0.4 is 5.32 Å². The van der Waals surface area contributed by atoms with Crippen molar-refractivity contribution in [3.05, 3.63) is 102 Å². The maximum Gasteiger partial charge on any atom is 0.160 e. The molecule has 5 aromatic rings. The molecule has 36 heavy (non-hydrogen) atoms. The molecule has 0 spiro atoms. The zero-order valence-electron chi connectivity index (χ0n) is 19.6. The summed E-state index contributed by atoms with van der Waals surface area (Å²) in [6.07, 6.45) is 7.73. The van der Waals surface area contributed by atoms with E-state index in [-0.39, 0.29) is 5.82 Å². The number of nitrogens with zero attached hydrogens (tertiary/aromatic N) is 3. The van der Waals surface area contributed by atoms with Crippen LogP contribution in [0.25, 0.3) is 44.5 Å². The molecule has 0 unspecified atom stereocenters. The standard InChI is InChI=1S/C30H24ClFN4/c31-24-6-7-28(32)27(15-24)29-16-26(25-5-2-10-35-30(25)36-29)23-14-22(17-34-18-23)21-4-1-3-20(13-21)19-8-11-33-12-9-19/h1-7,10,13-19,33H,8-9,11-12H2. The monoisotopic (exact) mass is 494 g/mol. The van der Waals surface area contributed by atoms with Crippen molar-refractivity contribution in [1.29, 1.82) is 0 Å². The molecular weight excluding hydrogens is 471 g/mol. The maximum atomic E-state index is 14.7. The van der Waals surface area contributed by atoms with Gasteiger partial charge in [-0.25, -0.2) is 14.4 Å². The van der Waals surface area contributed by atoms with Crippen LogP contribution in [-0.4, -0.2) is 28.0 Å². The Kier molecular flexibility index (Phi) is 6.18. The molecule has 3 aromatic heterocycles. The van der Waals surface area contributed by atoms with Gasteiger partial charge in [-0.2, -0.15) is 0 Å². The van der Waals surface area contributed by atoms with E-state index in [1.165, 1.54) is 17.7 Å². The average Bonchev–Trinajstić information content (AvgIpc) is 2.94. The van der Waals surface area contributed by atoms with E-state index in [9.17, 15) is 4.39 Å². The van der Waals surface area contributed by atoms with Crippen LogP contribution in [-0.2, 0) is 0 Å².